The lowest BCUT2D eigenvalue weighted by Gasteiger charge is -2.34. The van der Waals surface area contributed by atoms with Crippen LogP contribution in [0.3, 0.4) is 0 Å². The first-order chi connectivity index (χ1) is 20.7. The van der Waals surface area contributed by atoms with Crippen molar-refractivity contribution in [2.75, 3.05) is 53.5 Å². The van der Waals surface area contributed by atoms with Gasteiger partial charge in [0.25, 0.3) is 0 Å². The van der Waals surface area contributed by atoms with Crippen LogP contribution >= 0.6 is 0 Å². The van der Waals surface area contributed by atoms with Gasteiger partial charge in [0.15, 0.2) is 6.10 Å². The van der Waals surface area contributed by atoms with Crippen LogP contribution in [-0.4, -0.2) is 92.6 Å². The third-order valence-electron chi connectivity index (χ3n) is 7.89. The predicted molar refractivity (Wildman–Crippen MR) is 176 cm³/mol. The molecule has 0 aliphatic heterocycles. The van der Waals surface area contributed by atoms with E-state index in [0.717, 1.165) is 25.7 Å². The molecule has 0 aromatic carbocycles. The number of hydrogen-bond donors (Lipinski definition) is 4. The summed E-state index contributed by atoms with van der Waals surface area (Å²) < 4.78 is 11.3. The van der Waals surface area contributed by atoms with Crippen molar-refractivity contribution in [1.29, 1.82) is 0 Å². The minimum absolute atomic E-state index is 0.0769. The van der Waals surface area contributed by atoms with E-state index in [-0.39, 0.29) is 19.8 Å². The normalized spacial score (nSPS) is 13.0. The maximum Gasteiger partial charge on any atom is 0.407 e. The molecule has 0 radical (unpaired) electrons. The van der Waals surface area contributed by atoms with Crippen molar-refractivity contribution in [3.63, 3.8) is 0 Å². The molecule has 4 N–H and O–H groups in total. The highest BCUT2D eigenvalue weighted by Gasteiger charge is 2.28. The Morgan fingerprint density at radius 2 is 1.02 bits per heavy atom. The number of aliphatic hydroxyl groups excluding tert-OH is 2. The lowest BCUT2D eigenvalue weighted by Crippen LogP contribution is -2.52. The average molecular weight is 617 g/mol. The Morgan fingerprint density at radius 1 is 0.628 bits per heavy atom. The van der Waals surface area contributed by atoms with Gasteiger partial charge in [-0.3, -0.25) is 0 Å². The van der Waals surface area contributed by atoms with Crippen molar-refractivity contribution in [2.24, 2.45) is 0 Å². The monoisotopic (exact) mass is 617 g/mol. The zero-order valence-electron chi connectivity index (χ0n) is 28.5. The minimum atomic E-state index is -0.883. The van der Waals surface area contributed by atoms with E-state index in [1.165, 1.54) is 103 Å². The third-order valence-corrected chi connectivity index (χ3v) is 7.89. The van der Waals surface area contributed by atoms with Crippen LogP contribution < -0.4 is 10.6 Å². The highest BCUT2D eigenvalue weighted by molar-refractivity contribution is 5.68. The smallest absolute Gasteiger partial charge is 0.407 e. The molecule has 0 saturated carbocycles. The molecule has 9 heteroatoms. The van der Waals surface area contributed by atoms with Gasteiger partial charge >= 0.3 is 12.2 Å². The van der Waals surface area contributed by atoms with Gasteiger partial charge in [0, 0.05) is 13.1 Å². The zero-order valence-corrected chi connectivity index (χ0v) is 28.5. The maximum atomic E-state index is 12.5. The fourth-order valence-corrected chi connectivity index (χ4v) is 5.40. The highest BCUT2D eigenvalue weighted by atomic mass is 16.6. The molecule has 9 nitrogen and oxygen atoms in total. The number of alkyl carbamates (subject to hydrolysis) is 2. The number of carbonyl (C=O) groups excluding carboxylic acids is 2. The molecule has 0 spiro atoms. The number of rotatable bonds is 30. The van der Waals surface area contributed by atoms with Crippen molar-refractivity contribution in [2.45, 2.75) is 154 Å². The Hall–Kier alpha value is -1.58. The molecule has 2 unspecified atom stereocenters. The first-order valence-corrected chi connectivity index (χ1v) is 17.7. The van der Waals surface area contributed by atoms with Crippen molar-refractivity contribution in [3.8, 4) is 0 Å². The average Bonchev–Trinajstić information content (AvgIpc) is 2.97. The van der Waals surface area contributed by atoms with E-state index in [0.29, 0.717) is 24.1 Å². The summed E-state index contributed by atoms with van der Waals surface area (Å²) in [5.41, 5.74) is 0. The molecule has 0 fully saturated rings. The van der Waals surface area contributed by atoms with Crippen molar-refractivity contribution >= 4 is 12.2 Å². The fourth-order valence-electron chi connectivity index (χ4n) is 5.40. The number of amides is 2. The Labute approximate surface area is 264 Å². The molecule has 0 aromatic heterocycles. The summed E-state index contributed by atoms with van der Waals surface area (Å²) in [5.74, 6) is 0. The van der Waals surface area contributed by atoms with Crippen LogP contribution in [0.1, 0.15) is 142 Å². The minimum Gasteiger partial charge on any atom is -0.445 e. The van der Waals surface area contributed by atoms with Gasteiger partial charge in [-0.25, -0.2) is 9.59 Å². The highest BCUT2D eigenvalue weighted by Crippen LogP contribution is 2.12. The van der Waals surface area contributed by atoms with E-state index in [9.17, 15) is 19.8 Å². The standard InChI is InChI=1S/C34H69N3O6/c1-5-7-9-11-13-15-17-19-21-23-25-35-33(40)42-30-32(28-37(3,4)27-31(39)29-38)43-34(41)36-26-24-22-20-18-16-14-12-10-8-6-2/h31-32,38-39H,5-30H2,1-4H3,(H-,35,36,40,41)/p+1. The van der Waals surface area contributed by atoms with Gasteiger partial charge in [0.1, 0.15) is 25.8 Å². The van der Waals surface area contributed by atoms with Crippen LogP contribution in [0.25, 0.3) is 0 Å². The number of likely N-dealkylation sites (N-methyl/N-ethyl adjacent to an activating group) is 1. The largest absolute Gasteiger partial charge is 0.445 e. The Bertz CT molecular complexity index is 650. The summed E-state index contributed by atoms with van der Waals surface area (Å²) in [7, 11) is 3.75. The lowest BCUT2D eigenvalue weighted by atomic mass is 10.1. The fraction of sp³-hybridized carbons (Fsp3) is 0.941. The molecule has 0 rings (SSSR count). The molecule has 0 aliphatic carbocycles. The van der Waals surface area contributed by atoms with Crippen LogP contribution in [0.5, 0.6) is 0 Å². The quantitative estimate of drug-likeness (QED) is 0.0506. The van der Waals surface area contributed by atoms with E-state index in [1.807, 2.05) is 14.1 Å². The summed E-state index contributed by atoms with van der Waals surface area (Å²) in [6, 6.07) is 0. The molecule has 0 aliphatic rings. The van der Waals surface area contributed by atoms with Crippen molar-refractivity contribution in [3.05, 3.63) is 0 Å². The first-order valence-electron chi connectivity index (χ1n) is 17.7. The van der Waals surface area contributed by atoms with E-state index in [2.05, 4.69) is 24.5 Å². The SMILES string of the molecule is CCCCCCCCCCCCNC(=O)OCC(C[N+](C)(C)CC(O)CO)OC(=O)NCCCCCCCCCCCC. The van der Waals surface area contributed by atoms with Gasteiger partial charge in [-0.05, 0) is 12.8 Å². The molecule has 256 valence electrons. The Balaban J connectivity index is 4.31. The van der Waals surface area contributed by atoms with Crippen LogP contribution in [-0.2, 0) is 9.47 Å². The van der Waals surface area contributed by atoms with Gasteiger partial charge in [0.2, 0.25) is 0 Å². The summed E-state index contributed by atoms with van der Waals surface area (Å²) in [4.78, 5) is 24.8. The van der Waals surface area contributed by atoms with Gasteiger partial charge in [0.05, 0.1) is 20.7 Å². The van der Waals surface area contributed by atoms with Crippen LogP contribution in [0.15, 0.2) is 0 Å². The molecular formula is C34H70N3O6+. The van der Waals surface area contributed by atoms with Crippen LogP contribution in [0.4, 0.5) is 9.59 Å². The predicted octanol–water partition coefficient (Wildman–Crippen LogP) is 7.08. The molecule has 0 heterocycles. The Kier molecular flexibility index (Phi) is 28.1. The summed E-state index contributed by atoms with van der Waals surface area (Å²) >= 11 is 0. The summed E-state index contributed by atoms with van der Waals surface area (Å²) in [5, 5.41) is 24.8. The summed E-state index contributed by atoms with van der Waals surface area (Å²) in [6.07, 6.45) is 22.0. The molecular weight excluding hydrogens is 546 g/mol. The van der Waals surface area contributed by atoms with E-state index in [4.69, 9.17) is 9.47 Å². The molecule has 43 heavy (non-hydrogen) atoms. The third kappa shape index (κ3) is 28.9. The number of nitrogens with one attached hydrogen (secondary N) is 2. The molecule has 0 bridgehead atoms. The molecule has 0 aromatic rings. The first kappa shape index (κ1) is 41.4. The zero-order chi connectivity index (χ0) is 32.0. The number of nitrogens with zero attached hydrogens (tertiary/aromatic N) is 1. The van der Waals surface area contributed by atoms with Crippen LogP contribution in [0.2, 0.25) is 0 Å². The van der Waals surface area contributed by atoms with E-state index >= 15 is 0 Å². The number of quaternary nitrogens is 1. The van der Waals surface area contributed by atoms with E-state index < -0.39 is 24.4 Å². The topological polar surface area (TPSA) is 117 Å². The maximum absolute atomic E-state index is 12.5. The molecule has 0 saturated heterocycles. The molecule has 2 atom stereocenters. The van der Waals surface area contributed by atoms with Crippen LogP contribution in [0, 0.1) is 0 Å². The van der Waals surface area contributed by atoms with Gasteiger partial charge in [-0.2, -0.15) is 0 Å². The Morgan fingerprint density at radius 3 is 1.44 bits per heavy atom. The van der Waals surface area contributed by atoms with Gasteiger partial charge in [-0.15, -0.1) is 0 Å². The van der Waals surface area contributed by atoms with Gasteiger partial charge < -0.3 is 34.8 Å². The number of aliphatic hydroxyl groups is 2. The number of unbranched alkanes of at least 4 members (excludes halogenated alkanes) is 18. The lowest BCUT2D eigenvalue weighted by molar-refractivity contribution is -0.896. The van der Waals surface area contributed by atoms with E-state index in [1.54, 1.807) is 0 Å². The van der Waals surface area contributed by atoms with Crippen molar-refractivity contribution < 1.29 is 33.8 Å². The molecule has 2 amide bonds. The number of ether oxygens (including phenoxy) is 2. The second-order valence-corrected chi connectivity index (χ2v) is 13.0. The number of hydrogen-bond acceptors (Lipinski definition) is 6. The second kappa shape index (κ2) is 29.1. The number of carbonyl (C=O) groups is 2. The second-order valence-electron chi connectivity index (χ2n) is 13.0. The van der Waals surface area contributed by atoms with Crippen molar-refractivity contribution in [1.82, 2.24) is 10.6 Å². The van der Waals surface area contributed by atoms with Gasteiger partial charge in [-0.1, -0.05) is 129 Å². The summed E-state index contributed by atoms with van der Waals surface area (Å²) in [6.45, 7) is 5.77.